The van der Waals surface area contributed by atoms with Crippen LogP contribution in [-0.2, 0) is 0 Å². The quantitative estimate of drug-likeness (QED) is 0.743. The van der Waals surface area contributed by atoms with Crippen LogP contribution in [-0.4, -0.2) is 43.2 Å². The molecule has 0 amide bonds. The molecule has 1 atom stereocenters. The highest BCUT2D eigenvalue weighted by Gasteiger charge is 2.21. The maximum absolute atomic E-state index is 5.80. The Bertz CT molecular complexity index is 196. The molecule has 0 bridgehead atoms. The highest BCUT2D eigenvalue weighted by atomic mass is 15.2. The summed E-state index contributed by atoms with van der Waals surface area (Å²) >= 11 is 0. The van der Waals surface area contributed by atoms with Gasteiger partial charge in [-0.2, -0.15) is 0 Å². The minimum absolute atomic E-state index is 0.623. The van der Waals surface area contributed by atoms with E-state index in [0.717, 1.165) is 13.1 Å². The second-order valence-electron chi connectivity index (χ2n) is 6.05. The fraction of sp³-hybridized carbons (Fsp3) is 1.00. The largest absolute Gasteiger partial charge is 0.330 e. The first kappa shape index (κ1) is 14.9. The highest BCUT2D eigenvalue weighted by Crippen LogP contribution is 2.14. The van der Waals surface area contributed by atoms with Gasteiger partial charge in [0.2, 0.25) is 0 Å². The molecule has 1 fully saturated rings. The van der Waals surface area contributed by atoms with Gasteiger partial charge in [-0.3, -0.25) is 0 Å². The standard InChI is InChI=1S/C14H31N3/c1-11(2)13(9-15)10-16-14-5-7-17(8-6-14)12(3)4/h11-14,16H,5-10,15H2,1-4H3. The van der Waals surface area contributed by atoms with E-state index in [-0.39, 0.29) is 0 Å². The van der Waals surface area contributed by atoms with Gasteiger partial charge in [0.05, 0.1) is 0 Å². The number of nitrogens with zero attached hydrogens (tertiary/aromatic N) is 1. The molecule has 1 heterocycles. The van der Waals surface area contributed by atoms with Gasteiger partial charge in [0.1, 0.15) is 0 Å². The summed E-state index contributed by atoms with van der Waals surface area (Å²) in [6, 6.07) is 1.40. The van der Waals surface area contributed by atoms with Gasteiger partial charge >= 0.3 is 0 Å². The Balaban J connectivity index is 2.22. The molecule has 0 radical (unpaired) electrons. The third-order valence-electron chi connectivity index (χ3n) is 4.17. The maximum atomic E-state index is 5.80. The zero-order valence-electron chi connectivity index (χ0n) is 12.1. The van der Waals surface area contributed by atoms with Crippen molar-refractivity contribution in [3.05, 3.63) is 0 Å². The molecule has 1 saturated heterocycles. The van der Waals surface area contributed by atoms with Gasteiger partial charge in [-0.15, -0.1) is 0 Å². The molecule has 0 aliphatic carbocycles. The Morgan fingerprint density at radius 1 is 1.18 bits per heavy atom. The molecule has 0 spiro atoms. The van der Waals surface area contributed by atoms with Gasteiger partial charge in [0.25, 0.3) is 0 Å². The number of piperidine rings is 1. The van der Waals surface area contributed by atoms with E-state index in [9.17, 15) is 0 Å². The molecular weight excluding hydrogens is 210 g/mol. The summed E-state index contributed by atoms with van der Waals surface area (Å²) in [7, 11) is 0. The van der Waals surface area contributed by atoms with Crippen LogP contribution in [0.1, 0.15) is 40.5 Å². The lowest BCUT2D eigenvalue weighted by molar-refractivity contribution is 0.158. The van der Waals surface area contributed by atoms with Crippen LogP contribution >= 0.6 is 0 Å². The summed E-state index contributed by atoms with van der Waals surface area (Å²) in [5, 5.41) is 3.71. The Labute approximate surface area is 107 Å². The van der Waals surface area contributed by atoms with Crippen molar-refractivity contribution < 1.29 is 0 Å². The van der Waals surface area contributed by atoms with E-state index in [4.69, 9.17) is 5.73 Å². The van der Waals surface area contributed by atoms with E-state index in [2.05, 4.69) is 37.9 Å². The highest BCUT2D eigenvalue weighted by molar-refractivity contribution is 4.80. The number of likely N-dealkylation sites (tertiary alicyclic amines) is 1. The molecule has 0 saturated carbocycles. The van der Waals surface area contributed by atoms with Gasteiger partial charge in [0, 0.05) is 12.1 Å². The second-order valence-corrected chi connectivity index (χ2v) is 6.05. The Kier molecular flexibility index (Phi) is 6.45. The SMILES string of the molecule is CC(C)C(CN)CNC1CCN(C(C)C)CC1. The summed E-state index contributed by atoms with van der Waals surface area (Å²) < 4.78 is 0. The number of nitrogens with two attached hydrogens (primary N) is 1. The summed E-state index contributed by atoms with van der Waals surface area (Å²) in [4.78, 5) is 2.57. The van der Waals surface area contributed by atoms with E-state index in [1.54, 1.807) is 0 Å². The molecule has 17 heavy (non-hydrogen) atoms. The van der Waals surface area contributed by atoms with Crippen LogP contribution in [0.5, 0.6) is 0 Å². The van der Waals surface area contributed by atoms with Crippen molar-refractivity contribution in [1.29, 1.82) is 0 Å². The van der Waals surface area contributed by atoms with E-state index < -0.39 is 0 Å². The monoisotopic (exact) mass is 241 g/mol. The number of hydrogen-bond acceptors (Lipinski definition) is 3. The summed E-state index contributed by atoms with van der Waals surface area (Å²) in [5.74, 6) is 1.31. The predicted octanol–water partition coefficient (Wildman–Crippen LogP) is 1.68. The fourth-order valence-electron chi connectivity index (χ4n) is 2.53. The Morgan fingerprint density at radius 3 is 2.18 bits per heavy atom. The van der Waals surface area contributed by atoms with Crippen molar-refractivity contribution >= 4 is 0 Å². The average molecular weight is 241 g/mol. The third-order valence-corrected chi connectivity index (χ3v) is 4.17. The van der Waals surface area contributed by atoms with Gasteiger partial charge < -0.3 is 16.0 Å². The summed E-state index contributed by atoms with van der Waals surface area (Å²) in [6.45, 7) is 13.5. The van der Waals surface area contributed by atoms with E-state index >= 15 is 0 Å². The minimum atomic E-state index is 0.623. The van der Waals surface area contributed by atoms with Gasteiger partial charge in [0.15, 0.2) is 0 Å². The Hall–Kier alpha value is -0.120. The summed E-state index contributed by atoms with van der Waals surface area (Å²) in [6.07, 6.45) is 2.57. The first-order valence-corrected chi connectivity index (χ1v) is 7.22. The van der Waals surface area contributed by atoms with Crippen LogP contribution in [0.25, 0.3) is 0 Å². The summed E-state index contributed by atoms with van der Waals surface area (Å²) in [5.41, 5.74) is 5.80. The molecule has 3 N–H and O–H groups in total. The maximum Gasteiger partial charge on any atom is 0.00915 e. The van der Waals surface area contributed by atoms with Crippen molar-refractivity contribution in [2.45, 2.75) is 52.6 Å². The lowest BCUT2D eigenvalue weighted by Crippen LogP contribution is -2.46. The molecule has 0 aromatic heterocycles. The number of nitrogens with one attached hydrogen (secondary N) is 1. The molecule has 0 aromatic rings. The average Bonchev–Trinajstić information content (AvgIpc) is 2.30. The van der Waals surface area contributed by atoms with Gasteiger partial charge in [-0.25, -0.2) is 0 Å². The lowest BCUT2D eigenvalue weighted by atomic mass is 9.95. The zero-order chi connectivity index (χ0) is 12.8. The molecule has 3 nitrogen and oxygen atoms in total. The van der Waals surface area contributed by atoms with Crippen molar-refractivity contribution in [2.24, 2.45) is 17.6 Å². The first-order valence-electron chi connectivity index (χ1n) is 7.22. The molecule has 1 rings (SSSR count). The van der Waals surface area contributed by atoms with Crippen LogP contribution in [0, 0.1) is 11.8 Å². The first-order chi connectivity index (χ1) is 8.04. The van der Waals surface area contributed by atoms with Crippen molar-refractivity contribution in [1.82, 2.24) is 10.2 Å². The Morgan fingerprint density at radius 2 is 1.76 bits per heavy atom. The van der Waals surface area contributed by atoms with Crippen molar-refractivity contribution in [2.75, 3.05) is 26.2 Å². The third kappa shape index (κ3) is 4.94. The second kappa shape index (κ2) is 7.34. The molecule has 102 valence electrons. The molecule has 1 aliphatic rings. The van der Waals surface area contributed by atoms with Crippen molar-refractivity contribution in [3.63, 3.8) is 0 Å². The van der Waals surface area contributed by atoms with E-state index in [0.29, 0.717) is 23.9 Å². The predicted molar refractivity (Wildman–Crippen MR) is 75.1 cm³/mol. The van der Waals surface area contributed by atoms with Gasteiger partial charge in [-0.05, 0) is 64.7 Å². The van der Waals surface area contributed by atoms with Crippen LogP contribution in [0.2, 0.25) is 0 Å². The lowest BCUT2D eigenvalue weighted by Gasteiger charge is -2.35. The molecule has 0 aromatic carbocycles. The van der Waals surface area contributed by atoms with Gasteiger partial charge in [-0.1, -0.05) is 13.8 Å². The van der Waals surface area contributed by atoms with Crippen LogP contribution in [0.15, 0.2) is 0 Å². The molecular formula is C14H31N3. The minimum Gasteiger partial charge on any atom is -0.330 e. The van der Waals surface area contributed by atoms with Crippen LogP contribution in [0.3, 0.4) is 0 Å². The molecule has 3 heteroatoms. The van der Waals surface area contributed by atoms with Crippen LogP contribution in [0.4, 0.5) is 0 Å². The number of rotatable bonds is 6. The number of hydrogen-bond donors (Lipinski definition) is 2. The molecule has 1 unspecified atom stereocenters. The topological polar surface area (TPSA) is 41.3 Å². The van der Waals surface area contributed by atoms with E-state index in [1.807, 2.05) is 0 Å². The zero-order valence-corrected chi connectivity index (χ0v) is 12.1. The fourth-order valence-corrected chi connectivity index (χ4v) is 2.53. The van der Waals surface area contributed by atoms with E-state index in [1.165, 1.54) is 25.9 Å². The normalized spacial score (nSPS) is 21.4. The van der Waals surface area contributed by atoms with Crippen molar-refractivity contribution in [3.8, 4) is 0 Å². The smallest absolute Gasteiger partial charge is 0.00915 e. The van der Waals surface area contributed by atoms with Crippen LogP contribution < -0.4 is 11.1 Å². The molecule has 1 aliphatic heterocycles.